The van der Waals surface area contributed by atoms with E-state index in [4.69, 9.17) is 0 Å². The van der Waals surface area contributed by atoms with Crippen molar-refractivity contribution in [2.75, 3.05) is 0 Å². The summed E-state index contributed by atoms with van der Waals surface area (Å²) in [6.45, 7) is 6.03. The van der Waals surface area contributed by atoms with Crippen molar-refractivity contribution in [3.63, 3.8) is 0 Å². The summed E-state index contributed by atoms with van der Waals surface area (Å²) >= 11 is 0. The third-order valence-corrected chi connectivity index (χ3v) is 3.95. The first-order chi connectivity index (χ1) is 9.54. The molecule has 2 rings (SSSR count). The van der Waals surface area contributed by atoms with Gasteiger partial charge in [0.2, 0.25) is 0 Å². The monoisotopic (exact) mass is 272 g/mol. The van der Waals surface area contributed by atoms with Crippen LogP contribution in [0.5, 0.6) is 0 Å². The summed E-state index contributed by atoms with van der Waals surface area (Å²) in [4.78, 5) is 0. The lowest BCUT2D eigenvalue weighted by atomic mass is 9.94. The van der Waals surface area contributed by atoms with E-state index < -0.39 is 6.10 Å². The maximum atomic E-state index is 14.0. The minimum Gasteiger partial charge on any atom is -0.384 e. The van der Waals surface area contributed by atoms with Crippen molar-refractivity contribution in [2.24, 2.45) is 0 Å². The zero-order valence-electron chi connectivity index (χ0n) is 12.2. The van der Waals surface area contributed by atoms with Crippen LogP contribution in [0.2, 0.25) is 0 Å². The summed E-state index contributed by atoms with van der Waals surface area (Å²) in [5, 5.41) is 10.3. The van der Waals surface area contributed by atoms with Gasteiger partial charge in [-0.05, 0) is 36.0 Å². The second-order valence-corrected chi connectivity index (χ2v) is 5.36. The molecule has 1 N–H and O–H groups in total. The number of aryl methyl sites for hydroxylation is 1. The van der Waals surface area contributed by atoms with E-state index in [0.29, 0.717) is 17.0 Å². The van der Waals surface area contributed by atoms with Gasteiger partial charge >= 0.3 is 0 Å². The van der Waals surface area contributed by atoms with E-state index in [1.165, 1.54) is 5.56 Å². The fraction of sp³-hybridized carbons (Fsp3) is 0.333. The van der Waals surface area contributed by atoms with Gasteiger partial charge in [-0.15, -0.1) is 0 Å². The number of rotatable bonds is 4. The summed E-state index contributed by atoms with van der Waals surface area (Å²) in [6.07, 6.45) is 0.162. The van der Waals surface area contributed by atoms with Gasteiger partial charge in [-0.3, -0.25) is 0 Å². The summed E-state index contributed by atoms with van der Waals surface area (Å²) in [7, 11) is 0. The van der Waals surface area contributed by atoms with E-state index in [0.717, 1.165) is 12.0 Å². The molecule has 0 amide bonds. The largest absolute Gasteiger partial charge is 0.384 e. The molecule has 0 heterocycles. The Labute approximate surface area is 120 Å². The van der Waals surface area contributed by atoms with Crippen LogP contribution >= 0.6 is 0 Å². The van der Waals surface area contributed by atoms with Gasteiger partial charge in [-0.25, -0.2) is 4.39 Å². The number of halogens is 1. The highest BCUT2D eigenvalue weighted by Gasteiger charge is 2.16. The van der Waals surface area contributed by atoms with Crippen LogP contribution in [0.15, 0.2) is 42.5 Å². The molecule has 2 unspecified atom stereocenters. The quantitative estimate of drug-likeness (QED) is 0.853. The SMILES string of the molecule is CCC(C)c1ccc(C(O)c2cccc(C)c2F)cc1. The van der Waals surface area contributed by atoms with Gasteiger partial charge in [-0.1, -0.05) is 56.3 Å². The molecule has 2 atom stereocenters. The average molecular weight is 272 g/mol. The first kappa shape index (κ1) is 14.7. The first-order valence-corrected chi connectivity index (χ1v) is 7.07. The minimum absolute atomic E-state index is 0.328. The van der Waals surface area contributed by atoms with Gasteiger partial charge in [0.05, 0.1) is 0 Å². The van der Waals surface area contributed by atoms with E-state index in [2.05, 4.69) is 13.8 Å². The van der Waals surface area contributed by atoms with Crippen LogP contribution in [0.3, 0.4) is 0 Å². The van der Waals surface area contributed by atoms with E-state index in [-0.39, 0.29) is 5.82 Å². The van der Waals surface area contributed by atoms with Crippen molar-refractivity contribution >= 4 is 0 Å². The number of benzene rings is 2. The zero-order valence-corrected chi connectivity index (χ0v) is 12.2. The van der Waals surface area contributed by atoms with Crippen molar-refractivity contribution in [3.8, 4) is 0 Å². The lowest BCUT2D eigenvalue weighted by Crippen LogP contribution is -2.04. The molecule has 0 spiro atoms. The van der Waals surface area contributed by atoms with Crippen LogP contribution in [-0.2, 0) is 0 Å². The Morgan fingerprint density at radius 1 is 1.05 bits per heavy atom. The van der Waals surface area contributed by atoms with Crippen molar-refractivity contribution in [2.45, 2.75) is 39.2 Å². The summed E-state index contributed by atoms with van der Waals surface area (Å²) < 4.78 is 14.0. The molecule has 0 saturated heterocycles. The number of aliphatic hydroxyl groups is 1. The summed E-state index contributed by atoms with van der Waals surface area (Å²) in [5.74, 6) is 0.169. The smallest absolute Gasteiger partial charge is 0.132 e. The maximum Gasteiger partial charge on any atom is 0.132 e. The highest BCUT2D eigenvalue weighted by atomic mass is 19.1. The zero-order chi connectivity index (χ0) is 14.7. The van der Waals surface area contributed by atoms with Crippen molar-refractivity contribution < 1.29 is 9.50 Å². The van der Waals surface area contributed by atoms with Crippen LogP contribution in [-0.4, -0.2) is 5.11 Å². The molecule has 0 aliphatic carbocycles. The average Bonchev–Trinajstić information content (AvgIpc) is 2.48. The van der Waals surface area contributed by atoms with Crippen LogP contribution < -0.4 is 0 Å². The Hall–Kier alpha value is -1.67. The predicted molar refractivity (Wildman–Crippen MR) is 80.3 cm³/mol. The van der Waals surface area contributed by atoms with E-state index in [9.17, 15) is 9.50 Å². The Bertz CT molecular complexity index is 574. The van der Waals surface area contributed by atoms with Crippen LogP contribution in [0, 0.1) is 12.7 Å². The molecule has 106 valence electrons. The lowest BCUT2D eigenvalue weighted by molar-refractivity contribution is 0.214. The van der Waals surface area contributed by atoms with Gasteiger partial charge in [0, 0.05) is 5.56 Å². The fourth-order valence-electron chi connectivity index (χ4n) is 2.30. The van der Waals surface area contributed by atoms with Crippen LogP contribution in [0.25, 0.3) is 0 Å². The summed E-state index contributed by atoms with van der Waals surface area (Å²) in [5.41, 5.74) is 2.86. The lowest BCUT2D eigenvalue weighted by Gasteiger charge is -2.15. The topological polar surface area (TPSA) is 20.2 Å². The Morgan fingerprint density at radius 2 is 1.65 bits per heavy atom. The second-order valence-electron chi connectivity index (χ2n) is 5.36. The van der Waals surface area contributed by atoms with Gasteiger partial charge in [0.15, 0.2) is 0 Å². The standard InChI is InChI=1S/C18H21FO/c1-4-12(2)14-8-10-15(11-9-14)18(20)16-7-5-6-13(3)17(16)19/h5-12,18,20H,4H2,1-3H3. The molecule has 20 heavy (non-hydrogen) atoms. The Balaban J connectivity index is 2.29. The second kappa shape index (κ2) is 6.19. The number of hydrogen-bond acceptors (Lipinski definition) is 1. The Morgan fingerprint density at radius 3 is 2.25 bits per heavy atom. The van der Waals surface area contributed by atoms with E-state index >= 15 is 0 Å². The first-order valence-electron chi connectivity index (χ1n) is 7.07. The Kier molecular flexibility index (Phi) is 4.56. The minimum atomic E-state index is -0.916. The molecule has 0 radical (unpaired) electrons. The molecule has 2 aromatic rings. The third-order valence-electron chi connectivity index (χ3n) is 3.95. The molecule has 1 nitrogen and oxygen atoms in total. The number of aliphatic hydroxyl groups excluding tert-OH is 1. The third kappa shape index (κ3) is 2.91. The molecule has 0 bridgehead atoms. The number of hydrogen-bond donors (Lipinski definition) is 1. The highest BCUT2D eigenvalue weighted by molar-refractivity contribution is 5.35. The molecule has 2 heteroatoms. The van der Waals surface area contributed by atoms with Crippen LogP contribution in [0.1, 0.15) is 54.5 Å². The fourth-order valence-corrected chi connectivity index (χ4v) is 2.30. The molecule has 0 fully saturated rings. The molecular formula is C18H21FO. The van der Waals surface area contributed by atoms with E-state index in [1.54, 1.807) is 25.1 Å². The van der Waals surface area contributed by atoms with Gasteiger partial charge in [0.1, 0.15) is 11.9 Å². The molecule has 0 saturated carbocycles. The van der Waals surface area contributed by atoms with Crippen LogP contribution in [0.4, 0.5) is 4.39 Å². The van der Waals surface area contributed by atoms with Gasteiger partial charge in [-0.2, -0.15) is 0 Å². The summed E-state index contributed by atoms with van der Waals surface area (Å²) in [6, 6.07) is 12.9. The van der Waals surface area contributed by atoms with Gasteiger partial charge in [0.25, 0.3) is 0 Å². The van der Waals surface area contributed by atoms with Crippen molar-refractivity contribution in [1.82, 2.24) is 0 Å². The highest BCUT2D eigenvalue weighted by Crippen LogP contribution is 2.27. The van der Waals surface area contributed by atoms with E-state index in [1.807, 2.05) is 24.3 Å². The normalized spacial score (nSPS) is 14.1. The van der Waals surface area contributed by atoms with Crippen molar-refractivity contribution in [3.05, 3.63) is 70.5 Å². The molecule has 0 aliphatic heterocycles. The predicted octanol–water partition coefficient (Wildman–Crippen LogP) is 4.73. The molecule has 0 aromatic heterocycles. The molecular weight excluding hydrogens is 251 g/mol. The maximum absolute atomic E-state index is 14.0. The van der Waals surface area contributed by atoms with Gasteiger partial charge < -0.3 is 5.11 Å². The van der Waals surface area contributed by atoms with Crippen molar-refractivity contribution in [1.29, 1.82) is 0 Å². The molecule has 2 aromatic carbocycles. The molecule has 0 aliphatic rings.